The molecule has 0 fully saturated rings. The van der Waals surface area contributed by atoms with Crippen LogP contribution >= 0.6 is 23.6 Å². The second-order valence-corrected chi connectivity index (χ2v) is 7.03. The smallest absolute Gasteiger partial charge is 0.257 e. The molecule has 0 saturated heterocycles. The van der Waals surface area contributed by atoms with Gasteiger partial charge in [0.15, 0.2) is 10.2 Å². The van der Waals surface area contributed by atoms with Crippen molar-refractivity contribution in [1.29, 1.82) is 0 Å². The van der Waals surface area contributed by atoms with Gasteiger partial charge in [-0.25, -0.2) is 4.98 Å². The Labute approximate surface area is 171 Å². The van der Waals surface area contributed by atoms with Crippen LogP contribution in [-0.4, -0.2) is 36.8 Å². The Bertz CT molecular complexity index is 997. The molecule has 0 atom stereocenters. The number of methoxy groups -OCH3 is 2. The molecule has 1 aromatic heterocycles. The molecule has 0 saturated carbocycles. The quantitative estimate of drug-likeness (QED) is 0.590. The van der Waals surface area contributed by atoms with Gasteiger partial charge in [0.05, 0.1) is 31.0 Å². The molecule has 2 aromatic carbocycles. The number of thiocarbonyl (C=S) groups is 1. The van der Waals surface area contributed by atoms with Gasteiger partial charge in [0.2, 0.25) is 0 Å². The van der Waals surface area contributed by atoms with Crippen molar-refractivity contribution in [3.05, 3.63) is 42.0 Å². The predicted molar refractivity (Wildman–Crippen MR) is 114 cm³/mol. The average molecular weight is 418 g/mol. The molecule has 0 aliphatic heterocycles. The number of carbonyl (C=O) groups excluding carboxylic acids is 1. The lowest BCUT2D eigenvalue weighted by Crippen LogP contribution is -2.34. The number of nitrogens with one attached hydrogen (secondary N) is 2. The first kappa shape index (κ1) is 19.8. The molecule has 9 heteroatoms. The SMILES string of the molecule is CCOc1ccc2nc(NC(=S)NC(=O)c3cc(OC)cc(OC)c3)sc2c1. The molecule has 7 nitrogen and oxygen atoms in total. The van der Waals surface area contributed by atoms with Crippen LogP contribution < -0.4 is 24.8 Å². The van der Waals surface area contributed by atoms with Crippen molar-refractivity contribution < 1.29 is 19.0 Å². The molecular formula is C19H19N3O4S2. The molecule has 146 valence electrons. The van der Waals surface area contributed by atoms with Gasteiger partial charge in [-0.3, -0.25) is 10.1 Å². The van der Waals surface area contributed by atoms with Crippen molar-refractivity contribution in [3.63, 3.8) is 0 Å². The van der Waals surface area contributed by atoms with E-state index in [-0.39, 0.29) is 11.0 Å². The van der Waals surface area contributed by atoms with Crippen molar-refractivity contribution in [2.45, 2.75) is 6.92 Å². The third kappa shape index (κ3) is 4.68. The van der Waals surface area contributed by atoms with Crippen LogP contribution in [0.3, 0.4) is 0 Å². The number of rotatable bonds is 6. The van der Waals surface area contributed by atoms with Gasteiger partial charge >= 0.3 is 0 Å². The maximum atomic E-state index is 12.5. The molecule has 1 heterocycles. The number of aromatic nitrogens is 1. The number of benzene rings is 2. The number of amides is 1. The molecule has 0 aliphatic carbocycles. The number of ether oxygens (including phenoxy) is 3. The lowest BCUT2D eigenvalue weighted by molar-refractivity contribution is 0.0977. The number of carbonyl (C=O) groups is 1. The molecule has 0 unspecified atom stereocenters. The fraction of sp³-hybridized carbons (Fsp3) is 0.211. The molecule has 0 spiro atoms. The zero-order valence-electron chi connectivity index (χ0n) is 15.6. The van der Waals surface area contributed by atoms with E-state index in [2.05, 4.69) is 15.6 Å². The summed E-state index contributed by atoms with van der Waals surface area (Å²) in [5.41, 5.74) is 1.19. The van der Waals surface area contributed by atoms with Gasteiger partial charge in [0.25, 0.3) is 5.91 Å². The Kier molecular flexibility index (Phi) is 6.27. The zero-order valence-corrected chi connectivity index (χ0v) is 17.2. The van der Waals surface area contributed by atoms with Gasteiger partial charge in [-0.05, 0) is 49.5 Å². The van der Waals surface area contributed by atoms with E-state index in [9.17, 15) is 4.79 Å². The van der Waals surface area contributed by atoms with Gasteiger partial charge in [-0.2, -0.15) is 0 Å². The monoisotopic (exact) mass is 417 g/mol. The van der Waals surface area contributed by atoms with Gasteiger partial charge in [-0.1, -0.05) is 11.3 Å². The summed E-state index contributed by atoms with van der Waals surface area (Å²) in [5, 5.41) is 6.31. The highest BCUT2D eigenvalue weighted by Gasteiger charge is 2.13. The van der Waals surface area contributed by atoms with Crippen molar-refractivity contribution >= 4 is 49.9 Å². The summed E-state index contributed by atoms with van der Waals surface area (Å²) in [6.45, 7) is 2.53. The third-order valence-corrected chi connectivity index (χ3v) is 4.87. The zero-order chi connectivity index (χ0) is 20.1. The fourth-order valence-electron chi connectivity index (χ4n) is 2.46. The van der Waals surface area contributed by atoms with Crippen molar-refractivity contribution in [2.24, 2.45) is 0 Å². The van der Waals surface area contributed by atoms with E-state index in [4.69, 9.17) is 26.4 Å². The van der Waals surface area contributed by atoms with Crippen LogP contribution in [0.1, 0.15) is 17.3 Å². The van der Waals surface area contributed by atoms with E-state index < -0.39 is 0 Å². The summed E-state index contributed by atoms with van der Waals surface area (Å²) in [4.78, 5) is 16.9. The largest absolute Gasteiger partial charge is 0.497 e. The number of hydrogen-bond acceptors (Lipinski definition) is 7. The van der Waals surface area contributed by atoms with E-state index >= 15 is 0 Å². The fourth-order valence-corrected chi connectivity index (χ4v) is 3.61. The molecule has 3 rings (SSSR count). The van der Waals surface area contributed by atoms with Gasteiger partial charge < -0.3 is 19.5 Å². The van der Waals surface area contributed by atoms with E-state index in [1.807, 2.05) is 25.1 Å². The maximum absolute atomic E-state index is 12.5. The van der Waals surface area contributed by atoms with E-state index in [1.165, 1.54) is 25.6 Å². The van der Waals surface area contributed by atoms with Crippen LogP contribution in [0.4, 0.5) is 5.13 Å². The van der Waals surface area contributed by atoms with E-state index in [0.29, 0.717) is 28.8 Å². The Morgan fingerprint density at radius 1 is 1.11 bits per heavy atom. The van der Waals surface area contributed by atoms with Crippen LogP contribution in [0.25, 0.3) is 10.2 Å². The minimum atomic E-state index is -0.380. The highest BCUT2D eigenvalue weighted by Crippen LogP contribution is 2.29. The van der Waals surface area contributed by atoms with Gasteiger partial charge in [-0.15, -0.1) is 0 Å². The summed E-state index contributed by atoms with van der Waals surface area (Å²) in [5.74, 6) is 1.43. The number of thiazole rings is 1. The number of anilines is 1. The summed E-state index contributed by atoms with van der Waals surface area (Å²) >= 11 is 6.66. The summed E-state index contributed by atoms with van der Waals surface area (Å²) < 4.78 is 16.8. The van der Waals surface area contributed by atoms with Gasteiger partial charge in [0.1, 0.15) is 17.2 Å². The first-order valence-electron chi connectivity index (χ1n) is 8.41. The van der Waals surface area contributed by atoms with E-state index in [1.54, 1.807) is 18.2 Å². The van der Waals surface area contributed by atoms with Crippen LogP contribution in [0.5, 0.6) is 17.2 Å². The Morgan fingerprint density at radius 2 is 1.82 bits per heavy atom. The Morgan fingerprint density at radius 3 is 2.46 bits per heavy atom. The third-order valence-electron chi connectivity index (χ3n) is 3.73. The minimum Gasteiger partial charge on any atom is -0.497 e. The molecular weight excluding hydrogens is 398 g/mol. The number of fused-ring (bicyclic) bond motifs is 1. The molecule has 1 amide bonds. The van der Waals surface area contributed by atoms with Gasteiger partial charge in [0, 0.05) is 11.6 Å². The highest BCUT2D eigenvalue weighted by molar-refractivity contribution is 7.80. The van der Waals surface area contributed by atoms with Crippen molar-refractivity contribution in [3.8, 4) is 17.2 Å². The van der Waals surface area contributed by atoms with Crippen LogP contribution in [-0.2, 0) is 0 Å². The lowest BCUT2D eigenvalue weighted by Gasteiger charge is -2.10. The van der Waals surface area contributed by atoms with Crippen molar-refractivity contribution in [1.82, 2.24) is 10.3 Å². The first-order valence-corrected chi connectivity index (χ1v) is 9.63. The molecule has 3 aromatic rings. The molecule has 0 radical (unpaired) electrons. The van der Waals surface area contributed by atoms with Crippen LogP contribution in [0.15, 0.2) is 36.4 Å². The molecule has 2 N–H and O–H groups in total. The maximum Gasteiger partial charge on any atom is 0.257 e. The normalized spacial score (nSPS) is 10.4. The average Bonchev–Trinajstić information content (AvgIpc) is 3.08. The van der Waals surface area contributed by atoms with E-state index in [0.717, 1.165) is 16.0 Å². The topological polar surface area (TPSA) is 81.7 Å². The first-order chi connectivity index (χ1) is 13.5. The minimum absolute atomic E-state index is 0.149. The Balaban J connectivity index is 1.70. The standard InChI is InChI=1S/C19H19N3O4S2/c1-4-26-12-5-6-15-16(10-12)28-19(20-15)22-18(27)21-17(23)11-7-13(24-2)9-14(8-11)25-3/h5-10H,4H2,1-3H3,(H2,20,21,22,23,27). The summed E-state index contributed by atoms with van der Waals surface area (Å²) in [6, 6.07) is 10.6. The second-order valence-electron chi connectivity index (χ2n) is 5.59. The summed E-state index contributed by atoms with van der Waals surface area (Å²) in [6.07, 6.45) is 0. The number of hydrogen-bond donors (Lipinski definition) is 2. The molecule has 28 heavy (non-hydrogen) atoms. The van der Waals surface area contributed by atoms with Crippen LogP contribution in [0.2, 0.25) is 0 Å². The molecule has 0 bridgehead atoms. The lowest BCUT2D eigenvalue weighted by atomic mass is 10.2. The molecule has 0 aliphatic rings. The Hall–Kier alpha value is -2.91. The number of nitrogens with zero attached hydrogens (tertiary/aromatic N) is 1. The predicted octanol–water partition coefficient (Wildman–Crippen LogP) is 3.84. The summed E-state index contributed by atoms with van der Waals surface area (Å²) in [7, 11) is 3.04. The highest BCUT2D eigenvalue weighted by atomic mass is 32.1. The van der Waals surface area contributed by atoms with Crippen LogP contribution in [0, 0.1) is 0 Å². The second kappa shape index (κ2) is 8.85. The van der Waals surface area contributed by atoms with Crippen molar-refractivity contribution in [2.75, 3.05) is 26.1 Å².